The summed E-state index contributed by atoms with van der Waals surface area (Å²) in [6.45, 7) is 3.46. The highest BCUT2D eigenvalue weighted by molar-refractivity contribution is 5.44. The highest BCUT2D eigenvalue weighted by Gasteiger charge is 2.27. The molecule has 1 aliphatic heterocycles. The fourth-order valence-electron chi connectivity index (χ4n) is 3.72. The third-order valence-electron chi connectivity index (χ3n) is 4.94. The van der Waals surface area contributed by atoms with Crippen molar-refractivity contribution in [3.63, 3.8) is 0 Å². The van der Waals surface area contributed by atoms with Crippen molar-refractivity contribution in [3.8, 4) is 11.5 Å². The van der Waals surface area contributed by atoms with Gasteiger partial charge in [-0.2, -0.15) is 0 Å². The topological polar surface area (TPSA) is 38.7 Å². The molecule has 1 aromatic rings. The van der Waals surface area contributed by atoms with E-state index in [0.717, 1.165) is 35.8 Å². The van der Waals surface area contributed by atoms with E-state index >= 15 is 0 Å². The second kappa shape index (κ2) is 6.69. The first-order valence-electron chi connectivity index (χ1n) is 8.35. The number of hydrogen-bond donors (Lipinski definition) is 1. The van der Waals surface area contributed by atoms with Crippen LogP contribution in [-0.4, -0.2) is 18.3 Å². The smallest absolute Gasteiger partial charge is 0.161 e. The van der Waals surface area contributed by atoms with Gasteiger partial charge in [-0.25, -0.2) is 0 Å². The summed E-state index contributed by atoms with van der Waals surface area (Å²) in [4.78, 5) is 0. The van der Waals surface area contributed by atoms with E-state index < -0.39 is 0 Å². The predicted octanol–water partition coefficient (Wildman–Crippen LogP) is 4.10. The Labute approximate surface area is 127 Å². The average Bonchev–Trinajstić information content (AvgIpc) is 2.55. The van der Waals surface area contributed by atoms with Crippen LogP contribution >= 0.6 is 0 Å². The van der Waals surface area contributed by atoms with Crippen molar-refractivity contribution in [1.82, 2.24) is 0 Å². The Hall–Kier alpha value is -1.22. The van der Waals surface area contributed by atoms with E-state index in [9.17, 15) is 5.11 Å². The number of rotatable bonds is 4. The molecule has 116 valence electrons. The molecule has 0 radical (unpaired) electrons. The summed E-state index contributed by atoms with van der Waals surface area (Å²) >= 11 is 0. The zero-order chi connectivity index (χ0) is 14.7. The number of hydrogen-bond acceptors (Lipinski definition) is 3. The maximum atomic E-state index is 10.7. The number of fused-ring (bicyclic) bond motifs is 1. The Morgan fingerprint density at radius 1 is 1.10 bits per heavy atom. The van der Waals surface area contributed by atoms with Crippen molar-refractivity contribution in [1.29, 1.82) is 0 Å². The van der Waals surface area contributed by atoms with Crippen LogP contribution in [0, 0.1) is 11.8 Å². The molecule has 3 rings (SSSR count). The lowest BCUT2D eigenvalue weighted by atomic mass is 9.76. The minimum Gasteiger partial charge on any atom is -0.486 e. The molecule has 2 aliphatic rings. The SMILES string of the molecule is CCCC1CCC(C(O)c2ccc3c(c2)OCCO3)CC1. The molecule has 0 aromatic heterocycles. The van der Waals surface area contributed by atoms with Crippen LogP contribution in [0.4, 0.5) is 0 Å². The van der Waals surface area contributed by atoms with Gasteiger partial charge in [0.25, 0.3) is 0 Å². The van der Waals surface area contributed by atoms with Gasteiger partial charge in [0.2, 0.25) is 0 Å². The monoisotopic (exact) mass is 290 g/mol. The van der Waals surface area contributed by atoms with Gasteiger partial charge >= 0.3 is 0 Å². The van der Waals surface area contributed by atoms with Gasteiger partial charge in [0.1, 0.15) is 13.2 Å². The number of ether oxygens (including phenoxy) is 2. The summed E-state index contributed by atoms with van der Waals surface area (Å²) < 4.78 is 11.2. The standard InChI is InChI=1S/C18H26O3/c1-2-3-13-4-6-14(7-5-13)18(19)15-8-9-16-17(12-15)21-11-10-20-16/h8-9,12-14,18-19H,2-7,10-11H2,1H3. The van der Waals surface area contributed by atoms with E-state index in [1.165, 1.54) is 25.7 Å². The minimum absolute atomic E-state index is 0.372. The van der Waals surface area contributed by atoms with Crippen LogP contribution < -0.4 is 9.47 Å². The predicted molar refractivity (Wildman–Crippen MR) is 82.7 cm³/mol. The van der Waals surface area contributed by atoms with E-state index in [0.29, 0.717) is 19.1 Å². The van der Waals surface area contributed by atoms with Gasteiger partial charge in [-0.1, -0.05) is 38.7 Å². The van der Waals surface area contributed by atoms with Crippen molar-refractivity contribution >= 4 is 0 Å². The molecule has 1 unspecified atom stereocenters. The van der Waals surface area contributed by atoms with Crippen LogP contribution in [0.1, 0.15) is 57.1 Å². The summed E-state index contributed by atoms with van der Waals surface area (Å²) in [6, 6.07) is 5.86. The summed E-state index contributed by atoms with van der Waals surface area (Å²) in [7, 11) is 0. The second-order valence-corrected chi connectivity index (χ2v) is 6.42. The molecule has 21 heavy (non-hydrogen) atoms. The van der Waals surface area contributed by atoms with Gasteiger partial charge in [0.15, 0.2) is 11.5 Å². The molecule has 1 saturated carbocycles. The maximum Gasteiger partial charge on any atom is 0.161 e. The normalized spacial score (nSPS) is 26.4. The van der Waals surface area contributed by atoms with Crippen molar-refractivity contribution in [2.24, 2.45) is 11.8 Å². The molecular formula is C18H26O3. The molecule has 1 fully saturated rings. The van der Waals surface area contributed by atoms with Crippen LogP contribution in [0.3, 0.4) is 0 Å². The van der Waals surface area contributed by atoms with Crippen LogP contribution in [0.5, 0.6) is 11.5 Å². The molecule has 1 aliphatic carbocycles. The number of aliphatic hydroxyl groups is 1. The minimum atomic E-state index is -0.372. The summed E-state index contributed by atoms with van der Waals surface area (Å²) in [5.41, 5.74) is 0.971. The second-order valence-electron chi connectivity index (χ2n) is 6.42. The Kier molecular flexibility index (Phi) is 4.69. The Bertz CT molecular complexity index is 464. The van der Waals surface area contributed by atoms with E-state index in [1.807, 2.05) is 18.2 Å². The third kappa shape index (κ3) is 3.34. The van der Waals surface area contributed by atoms with E-state index in [2.05, 4.69) is 6.92 Å². The van der Waals surface area contributed by atoms with E-state index in [-0.39, 0.29) is 6.10 Å². The van der Waals surface area contributed by atoms with Gasteiger partial charge < -0.3 is 14.6 Å². The third-order valence-corrected chi connectivity index (χ3v) is 4.94. The molecule has 0 amide bonds. The molecule has 1 atom stereocenters. The molecule has 0 saturated heterocycles. The lowest BCUT2D eigenvalue weighted by Gasteiger charge is -2.32. The summed E-state index contributed by atoms with van der Waals surface area (Å²) in [5.74, 6) is 2.83. The lowest BCUT2D eigenvalue weighted by molar-refractivity contribution is 0.0716. The van der Waals surface area contributed by atoms with Crippen molar-refractivity contribution < 1.29 is 14.6 Å². The number of benzene rings is 1. The zero-order valence-electron chi connectivity index (χ0n) is 12.9. The van der Waals surface area contributed by atoms with E-state index in [1.54, 1.807) is 0 Å². The van der Waals surface area contributed by atoms with Gasteiger partial charge in [-0.05, 0) is 42.4 Å². The first-order valence-corrected chi connectivity index (χ1v) is 8.35. The molecule has 1 aromatic carbocycles. The maximum absolute atomic E-state index is 10.7. The molecule has 1 heterocycles. The molecule has 3 nitrogen and oxygen atoms in total. The van der Waals surface area contributed by atoms with Crippen molar-refractivity contribution in [2.75, 3.05) is 13.2 Å². The van der Waals surface area contributed by atoms with Crippen LogP contribution in [0.2, 0.25) is 0 Å². The Morgan fingerprint density at radius 2 is 1.81 bits per heavy atom. The molecule has 0 spiro atoms. The van der Waals surface area contributed by atoms with Crippen LogP contribution in [-0.2, 0) is 0 Å². The summed E-state index contributed by atoms with van der Waals surface area (Å²) in [6.07, 6.45) is 7.05. The van der Waals surface area contributed by atoms with Crippen LogP contribution in [0.15, 0.2) is 18.2 Å². The Balaban J connectivity index is 1.64. The van der Waals surface area contributed by atoms with Gasteiger partial charge in [0.05, 0.1) is 6.10 Å². The highest BCUT2D eigenvalue weighted by Crippen LogP contribution is 2.40. The summed E-state index contributed by atoms with van der Waals surface area (Å²) in [5, 5.41) is 10.7. The first-order chi connectivity index (χ1) is 10.3. The fraction of sp³-hybridized carbons (Fsp3) is 0.667. The van der Waals surface area contributed by atoms with Gasteiger partial charge in [-0.15, -0.1) is 0 Å². The molecule has 1 N–H and O–H groups in total. The molecule has 3 heteroatoms. The lowest BCUT2D eigenvalue weighted by Crippen LogP contribution is -2.21. The zero-order valence-corrected chi connectivity index (χ0v) is 12.9. The quantitative estimate of drug-likeness (QED) is 0.907. The van der Waals surface area contributed by atoms with Gasteiger partial charge in [-0.3, -0.25) is 0 Å². The fourth-order valence-corrected chi connectivity index (χ4v) is 3.72. The molecule has 0 bridgehead atoms. The Morgan fingerprint density at radius 3 is 2.52 bits per heavy atom. The highest BCUT2D eigenvalue weighted by atomic mass is 16.6. The van der Waals surface area contributed by atoms with Crippen molar-refractivity contribution in [2.45, 2.75) is 51.6 Å². The molecular weight excluding hydrogens is 264 g/mol. The van der Waals surface area contributed by atoms with Crippen LogP contribution in [0.25, 0.3) is 0 Å². The van der Waals surface area contributed by atoms with E-state index in [4.69, 9.17) is 9.47 Å². The van der Waals surface area contributed by atoms with Crippen molar-refractivity contribution in [3.05, 3.63) is 23.8 Å². The largest absolute Gasteiger partial charge is 0.486 e. The number of aliphatic hydroxyl groups excluding tert-OH is 1. The average molecular weight is 290 g/mol. The van der Waals surface area contributed by atoms with Gasteiger partial charge in [0, 0.05) is 0 Å². The first kappa shape index (κ1) is 14.7.